The molecule has 3 aliphatic rings. The molecule has 0 aromatic carbocycles. The summed E-state index contributed by atoms with van der Waals surface area (Å²) in [4.78, 5) is 0. The van der Waals surface area contributed by atoms with Gasteiger partial charge >= 0.3 is 0 Å². The molecule has 0 aromatic heterocycles. The molecular weight excluding hydrogens is 122 g/mol. The average Bonchev–Trinajstić information content (AvgIpc) is 2.06. The third-order valence-electron chi connectivity index (χ3n) is 2.95. The van der Waals surface area contributed by atoms with E-state index < -0.39 is 0 Å². The van der Waals surface area contributed by atoms with E-state index in [2.05, 4.69) is 24.5 Å². The van der Waals surface area contributed by atoms with Crippen LogP contribution in [0, 0.1) is 11.8 Å². The Hall–Kier alpha value is -0.300. The molecule has 1 saturated carbocycles. The molecule has 2 bridgehead atoms. The van der Waals surface area contributed by atoms with Crippen LogP contribution in [0.25, 0.3) is 0 Å². The predicted octanol–water partition coefficient (Wildman–Crippen LogP) is 1.56. The van der Waals surface area contributed by atoms with Gasteiger partial charge in [0.2, 0.25) is 0 Å². The molecule has 1 nitrogen and oxygen atoms in total. The molecule has 56 valence electrons. The lowest BCUT2D eigenvalue weighted by molar-refractivity contribution is 0.256. The van der Waals surface area contributed by atoms with Gasteiger partial charge < -0.3 is 5.32 Å². The molecule has 0 heterocycles. The first-order valence-corrected chi connectivity index (χ1v) is 4.26. The molecule has 3 unspecified atom stereocenters. The van der Waals surface area contributed by atoms with E-state index in [1.165, 1.54) is 19.3 Å². The van der Waals surface area contributed by atoms with Crippen molar-refractivity contribution in [2.75, 3.05) is 7.05 Å². The standard InChI is InChI=1S/C9H15N/c1-10-9-6-7-2-4-8(9)5-3-7/h2,4,7-10H,3,5-6H2,1H3. The van der Waals surface area contributed by atoms with Gasteiger partial charge in [-0.05, 0) is 38.1 Å². The topological polar surface area (TPSA) is 12.0 Å². The quantitative estimate of drug-likeness (QED) is 0.541. The van der Waals surface area contributed by atoms with Crippen LogP contribution in [-0.4, -0.2) is 13.1 Å². The summed E-state index contributed by atoms with van der Waals surface area (Å²) >= 11 is 0. The Morgan fingerprint density at radius 2 is 2.20 bits per heavy atom. The Morgan fingerprint density at radius 3 is 2.50 bits per heavy atom. The highest BCUT2D eigenvalue weighted by Crippen LogP contribution is 2.35. The highest BCUT2D eigenvalue weighted by atomic mass is 14.9. The molecule has 0 radical (unpaired) electrons. The van der Waals surface area contributed by atoms with Crippen LogP contribution in [0.2, 0.25) is 0 Å². The zero-order chi connectivity index (χ0) is 6.97. The van der Waals surface area contributed by atoms with Gasteiger partial charge in [0.1, 0.15) is 0 Å². The molecule has 0 amide bonds. The van der Waals surface area contributed by atoms with E-state index in [0.29, 0.717) is 0 Å². The molecule has 0 aliphatic heterocycles. The van der Waals surface area contributed by atoms with Crippen LogP contribution in [-0.2, 0) is 0 Å². The molecule has 3 atom stereocenters. The first-order valence-electron chi connectivity index (χ1n) is 4.26. The predicted molar refractivity (Wildman–Crippen MR) is 42.8 cm³/mol. The van der Waals surface area contributed by atoms with Crippen molar-refractivity contribution in [2.45, 2.75) is 25.3 Å². The van der Waals surface area contributed by atoms with Crippen LogP contribution >= 0.6 is 0 Å². The van der Waals surface area contributed by atoms with Gasteiger partial charge in [-0.25, -0.2) is 0 Å². The van der Waals surface area contributed by atoms with Gasteiger partial charge in [-0.15, -0.1) is 0 Å². The monoisotopic (exact) mass is 137 g/mol. The van der Waals surface area contributed by atoms with Crippen LogP contribution in [0.15, 0.2) is 12.2 Å². The summed E-state index contributed by atoms with van der Waals surface area (Å²) in [7, 11) is 2.08. The number of hydrogen-bond donors (Lipinski definition) is 1. The molecule has 3 rings (SSSR count). The summed E-state index contributed by atoms with van der Waals surface area (Å²) in [6, 6.07) is 0.781. The van der Waals surface area contributed by atoms with Crippen molar-refractivity contribution in [1.29, 1.82) is 0 Å². The lowest BCUT2D eigenvalue weighted by Gasteiger charge is -2.37. The Bertz CT molecular complexity index is 151. The van der Waals surface area contributed by atoms with Crippen molar-refractivity contribution in [3.05, 3.63) is 12.2 Å². The molecule has 1 N–H and O–H groups in total. The van der Waals surface area contributed by atoms with E-state index in [4.69, 9.17) is 0 Å². The minimum atomic E-state index is 0.781. The van der Waals surface area contributed by atoms with Crippen molar-refractivity contribution in [2.24, 2.45) is 11.8 Å². The Kier molecular flexibility index (Phi) is 1.53. The van der Waals surface area contributed by atoms with Gasteiger partial charge in [0.15, 0.2) is 0 Å². The average molecular weight is 137 g/mol. The van der Waals surface area contributed by atoms with E-state index >= 15 is 0 Å². The first-order chi connectivity index (χ1) is 4.90. The summed E-state index contributed by atoms with van der Waals surface area (Å²) in [6.07, 6.45) is 9.02. The van der Waals surface area contributed by atoms with Gasteiger partial charge in [0.25, 0.3) is 0 Å². The second-order valence-corrected chi connectivity index (χ2v) is 3.52. The van der Waals surface area contributed by atoms with Crippen molar-refractivity contribution in [1.82, 2.24) is 5.32 Å². The minimum absolute atomic E-state index is 0.781. The minimum Gasteiger partial charge on any atom is -0.316 e. The number of rotatable bonds is 1. The number of nitrogens with one attached hydrogen (secondary N) is 1. The van der Waals surface area contributed by atoms with Crippen molar-refractivity contribution < 1.29 is 0 Å². The van der Waals surface area contributed by atoms with Gasteiger partial charge in [-0.3, -0.25) is 0 Å². The van der Waals surface area contributed by atoms with Crippen LogP contribution in [0.1, 0.15) is 19.3 Å². The normalized spacial score (nSPS) is 44.3. The second-order valence-electron chi connectivity index (χ2n) is 3.52. The van der Waals surface area contributed by atoms with E-state index in [0.717, 1.165) is 17.9 Å². The van der Waals surface area contributed by atoms with Crippen molar-refractivity contribution in [3.63, 3.8) is 0 Å². The fourth-order valence-electron chi connectivity index (χ4n) is 2.26. The van der Waals surface area contributed by atoms with Crippen LogP contribution in [0.3, 0.4) is 0 Å². The fourth-order valence-corrected chi connectivity index (χ4v) is 2.26. The third-order valence-corrected chi connectivity index (χ3v) is 2.95. The maximum absolute atomic E-state index is 3.38. The SMILES string of the molecule is CNC1CC2C=CC1CC2. The Morgan fingerprint density at radius 1 is 1.30 bits per heavy atom. The van der Waals surface area contributed by atoms with Crippen LogP contribution in [0.4, 0.5) is 0 Å². The summed E-state index contributed by atoms with van der Waals surface area (Å²) in [5, 5.41) is 3.38. The molecule has 0 aromatic rings. The van der Waals surface area contributed by atoms with E-state index in [9.17, 15) is 0 Å². The maximum Gasteiger partial charge on any atom is 0.0132 e. The molecule has 0 saturated heterocycles. The lowest BCUT2D eigenvalue weighted by Crippen LogP contribution is -2.40. The first kappa shape index (κ1) is 6.41. The number of hydrogen-bond acceptors (Lipinski definition) is 1. The smallest absolute Gasteiger partial charge is 0.0132 e. The largest absolute Gasteiger partial charge is 0.316 e. The Labute approximate surface area is 62.5 Å². The Balaban J connectivity index is 2.11. The zero-order valence-electron chi connectivity index (χ0n) is 6.51. The fraction of sp³-hybridized carbons (Fsp3) is 0.778. The summed E-state index contributed by atoms with van der Waals surface area (Å²) in [5.74, 6) is 1.73. The molecule has 10 heavy (non-hydrogen) atoms. The molecule has 0 spiro atoms. The van der Waals surface area contributed by atoms with Gasteiger partial charge in [-0.1, -0.05) is 12.2 Å². The number of fused-ring (bicyclic) bond motifs is 2. The van der Waals surface area contributed by atoms with E-state index in [1.54, 1.807) is 0 Å². The summed E-state index contributed by atoms with van der Waals surface area (Å²) < 4.78 is 0. The van der Waals surface area contributed by atoms with E-state index in [-0.39, 0.29) is 0 Å². The second kappa shape index (κ2) is 2.39. The van der Waals surface area contributed by atoms with Crippen molar-refractivity contribution >= 4 is 0 Å². The highest BCUT2D eigenvalue weighted by molar-refractivity contribution is 5.08. The summed E-state index contributed by atoms with van der Waals surface area (Å²) in [5.41, 5.74) is 0. The van der Waals surface area contributed by atoms with Gasteiger partial charge in [0, 0.05) is 6.04 Å². The molecule has 1 fully saturated rings. The zero-order valence-corrected chi connectivity index (χ0v) is 6.51. The van der Waals surface area contributed by atoms with Crippen molar-refractivity contribution in [3.8, 4) is 0 Å². The lowest BCUT2D eigenvalue weighted by atomic mass is 9.73. The van der Waals surface area contributed by atoms with Crippen LogP contribution < -0.4 is 5.32 Å². The molecule has 1 heteroatoms. The third kappa shape index (κ3) is 0.891. The van der Waals surface area contributed by atoms with Gasteiger partial charge in [0.05, 0.1) is 0 Å². The van der Waals surface area contributed by atoms with Crippen LogP contribution in [0.5, 0.6) is 0 Å². The maximum atomic E-state index is 3.38. The summed E-state index contributed by atoms with van der Waals surface area (Å²) in [6.45, 7) is 0. The highest BCUT2D eigenvalue weighted by Gasteiger charge is 2.30. The van der Waals surface area contributed by atoms with E-state index in [1.807, 2.05) is 0 Å². The molecular formula is C9H15N. The van der Waals surface area contributed by atoms with Gasteiger partial charge in [-0.2, -0.15) is 0 Å². The molecule has 3 aliphatic carbocycles. The number of allylic oxidation sites excluding steroid dienone is 1.